The Balaban J connectivity index is 1.95. The summed E-state index contributed by atoms with van der Waals surface area (Å²) in [5.41, 5.74) is 0.968. The van der Waals surface area contributed by atoms with E-state index in [4.69, 9.17) is 11.6 Å². The molecule has 2 rings (SSSR count). The highest BCUT2D eigenvalue weighted by Crippen LogP contribution is 2.26. The van der Waals surface area contributed by atoms with Crippen LogP contribution in [0.25, 0.3) is 0 Å². The van der Waals surface area contributed by atoms with E-state index < -0.39 is 0 Å². The quantitative estimate of drug-likeness (QED) is 0.825. The number of aromatic nitrogens is 2. The van der Waals surface area contributed by atoms with E-state index in [1.807, 2.05) is 6.92 Å². The smallest absolute Gasteiger partial charge is 0.137 e. The van der Waals surface area contributed by atoms with Crippen LogP contribution in [0.15, 0.2) is 6.33 Å². The van der Waals surface area contributed by atoms with Crippen LogP contribution in [0.1, 0.15) is 38.2 Å². The van der Waals surface area contributed by atoms with Crippen LogP contribution >= 0.6 is 11.6 Å². The van der Waals surface area contributed by atoms with Gasteiger partial charge in [-0.3, -0.25) is 0 Å². The van der Waals surface area contributed by atoms with Gasteiger partial charge < -0.3 is 10.4 Å². The van der Waals surface area contributed by atoms with Crippen molar-refractivity contribution in [1.29, 1.82) is 0 Å². The van der Waals surface area contributed by atoms with Crippen LogP contribution in [0.5, 0.6) is 0 Å². The van der Waals surface area contributed by atoms with Gasteiger partial charge in [-0.15, -0.1) is 0 Å². The van der Waals surface area contributed by atoms with Crippen molar-refractivity contribution in [2.24, 2.45) is 5.92 Å². The van der Waals surface area contributed by atoms with E-state index in [2.05, 4.69) is 15.3 Å². The molecule has 0 aromatic carbocycles. The normalized spacial score (nSPS) is 23.9. The molecule has 2 N–H and O–H groups in total. The lowest BCUT2D eigenvalue weighted by Crippen LogP contribution is -2.25. The van der Waals surface area contributed by atoms with Gasteiger partial charge >= 0.3 is 0 Å². The molecule has 1 aromatic rings. The molecule has 1 aliphatic carbocycles. The van der Waals surface area contributed by atoms with Gasteiger partial charge in [0, 0.05) is 12.1 Å². The van der Waals surface area contributed by atoms with E-state index in [1.54, 1.807) is 0 Å². The molecule has 1 fully saturated rings. The van der Waals surface area contributed by atoms with Crippen molar-refractivity contribution in [2.45, 2.75) is 45.1 Å². The highest BCUT2D eigenvalue weighted by atomic mass is 35.5. The Morgan fingerprint density at radius 3 is 3.00 bits per heavy atom. The second kappa shape index (κ2) is 6.34. The van der Waals surface area contributed by atoms with Gasteiger partial charge in [-0.2, -0.15) is 0 Å². The van der Waals surface area contributed by atoms with E-state index in [0.717, 1.165) is 43.6 Å². The van der Waals surface area contributed by atoms with Gasteiger partial charge in [-0.1, -0.05) is 24.9 Å². The number of anilines is 1. The highest BCUT2D eigenvalue weighted by Gasteiger charge is 2.20. The lowest BCUT2D eigenvalue weighted by Gasteiger charge is -2.26. The third-order valence-electron chi connectivity index (χ3n) is 3.56. The van der Waals surface area contributed by atoms with E-state index in [9.17, 15) is 5.11 Å². The summed E-state index contributed by atoms with van der Waals surface area (Å²) in [5.74, 6) is 1.35. The van der Waals surface area contributed by atoms with Gasteiger partial charge in [-0.25, -0.2) is 9.97 Å². The molecule has 1 heterocycles. The fourth-order valence-electron chi connectivity index (χ4n) is 2.55. The van der Waals surface area contributed by atoms with Crippen molar-refractivity contribution >= 4 is 17.4 Å². The molecule has 0 bridgehead atoms. The standard InChI is InChI=1S/C13H20ClN3O/c1-2-11-12(14)16-8-17-13(11)15-7-9-4-3-5-10(18)6-9/h8-10,18H,2-7H2,1H3,(H,15,16,17). The number of nitrogens with one attached hydrogen (secondary N) is 1. The molecule has 1 aliphatic rings. The molecule has 5 heteroatoms. The molecule has 0 saturated heterocycles. The SMILES string of the molecule is CCc1c(Cl)ncnc1NCC1CCCC(O)C1. The number of aliphatic hydroxyl groups is 1. The molecule has 1 saturated carbocycles. The van der Waals surface area contributed by atoms with Crippen molar-refractivity contribution in [3.05, 3.63) is 17.0 Å². The largest absolute Gasteiger partial charge is 0.393 e. The summed E-state index contributed by atoms with van der Waals surface area (Å²) < 4.78 is 0. The zero-order chi connectivity index (χ0) is 13.0. The summed E-state index contributed by atoms with van der Waals surface area (Å²) in [6, 6.07) is 0. The maximum Gasteiger partial charge on any atom is 0.137 e. The molecule has 0 radical (unpaired) electrons. The Bertz CT molecular complexity index is 400. The Morgan fingerprint density at radius 2 is 2.28 bits per heavy atom. The Hall–Kier alpha value is -0.870. The second-order valence-electron chi connectivity index (χ2n) is 4.91. The van der Waals surface area contributed by atoms with Gasteiger partial charge in [0.25, 0.3) is 0 Å². The summed E-state index contributed by atoms with van der Waals surface area (Å²) in [6.07, 6.45) is 6.27. The van der Waals surface area contributed by atoms with Gasteiger partial charge in [-0.05, 0) is 31.6 Å². The second-order valence-corrected chi connectivity index (χ2v) is 5.27. The summed E-state index contributed by atoms with van der Waals surface area (Å²) in [5, 5.41) is 13.5. The van der Waals surface area contributed by atoms with Crippen molar-refractivity contribution in [1.82, 2.24) is 9.97 Å². The lowest BCUT2D eigenvalue weighted by molar-refractivity contribution is 0.104. The number of hydrogen-bond donors (Lipinski definition) is 2. The minimum atomic E-state index is -0.134. The first-order valence-corrected chi connectivity index (χ1v) is 6.99. The number of hydrogen-bond acceptors (Lipinski definition) is 4. The van der Waals surface area contributed by atoms with Gasteiger partial charge in [0.15, 0.2) is 0 Å². The van der Waals surface area contributed by atoms with Crippen LogP contribution in [-0.2, 0) is 6.42 Å². The molecule has 0 spiro atoms. The van der Waals surface area contributed by atoms with E-state index in [0.29, 0.717) is 11.1 Å². The third-order valence-corrected chi connectivity index (χ3v) is 3.89. The molecule has 18 heavy (non-hydrogen) atoms. The van der Waals surface area contributed by atoms with Crippen LogP contribution < -0.4 is 5.32 Å². The zero-order valence-corrected chi connectivity index (χ0v) is 11.5. The van der Waals surface area contributed by atoms with Gasteiger partial charge in [0.2, 0.25) is 0 Å². The summed E-state index contributed by atoms with van der Waals surface area (Å²) in [6.45, 7) is 2.89. The van der Waals surface area contributed by atoms with Crippen LogP contribution in [0.3, 0.4) is 0 Å². The summed E-state index contributed by atoms with van der Waals surface area (Å²) >= 11 is 6.04. The average molecular weight is 270 g/mol. The number of halogens is 1. The van der Waals surface area contributed by atoms with Crippen molar-refractivity contribution in [3.63, 3.8) is 0 Å². The minimum absolute atomic E-state index is 0.134. The Morgan fingerprint density at radius 1 is 1.44 bits per heavy atom. The fraction of sp³-hybridized carbons (Fsp3) is 0.692. The number of aliphatic hydroxyl groups excluding tert-OH is 1. The first kappa shape index (κ1) is 13.6. The van der Waals surface area contributed by atoms with Crippen LogP contribution in [0.4, 0.5) is 5.82 Å². The molecule has 1 aromatic heterocycles. The maximum absolute atomic E-state index is 9.65. The lowest BCUT2D eigenvalue weighted by atomic mass is 9.87. The summed E-state index contributed by atoms with van der Waals surface area (Å²) in [7, 11) is 0. The molecular formula is C13H20ClN3O. The van der Waals surface area contributed by atoms with Crippen molar-refractivity contribution < 1.29 is 5.11 Å². The first-order chi connectivity index (χ1) is 8.70. The molecular weight excluding hydrogens is 250 g/mol. The molecule has 0 aliphatic heterocycles. The first-order valence-electron chi connectivity index (χ1n) is 6.62. The monoisotopic (exact) mass is 269 g/mol. The zero-order valence-electron chi connectivity index (χ0n) is 10.7. The van der Waals surface area contributed by atoms with Crippen LogP contribution in [0, 0.1) is 5.92 Å². The molecule has 2 atom stereocenters. The third kappa shape index (κ3) is 3.33. The Labute approximate surface area is 113 Å². The highest BCUT2D eigenvalue weighted by molar-refractivity contribution is 6.30. The van der Waals surface area contributed by atoms with Crippen molar-refractivity contribution in [3.8, 4) is 0 Å². The molecule has 100 valence electrons. The maximum atomic E-state index is 9.65. The fourth-order valence-corrected chi connectivity index (χ4v) is 2.81. The van der Waals surface area contributed by atoms with Gasteiger partial charge in [0.05, 0.1) is 6.10 Å². The van der Waals surface area contributed by atoms with Crippen molar-refractivity contribution in [2.75, 3.05) is 11.9 Å². The number of nitrogens with zero attached hydrogens (tertiary/aromatic N) is 2. The Kier molecular flexibility index (Phi) is 4.78. The predicted octanol–water partition coefficient (Wildman–Crippen LogP) is 2.66. The van der Waals surface area contributed by atoms with Crippen LogP contribution in [0.2, 0.25) is 5.15 Å². The minimum Gasteiger partial charge on any atom is -0.393 e. The topological polar surface area (TPSA) is 58.0 Å². The van der Waals surface area contributed by atoms with Crippen LogP contribution in [-0.4, -0.2) is 27.7 Å². The molecule has 2 unspecified atom stereocenters. The average Bonchev–Trinajstić information content (AvgIpc) is 2.36. The molecule has 0 amide bonds. The predicted molar refractivity (Wildman–Crippen MR) is 72.9 cm³/mol. The molecule has 4 nitrogen and oxygen atoms in total. The van der Waals surface area contributed by atoms with E-state index >= 15 is 0 Å². The number of rotatable bonds is 4. The van der Waals surface area contributed by atoms with Gasteiger partial charge in [0.1, 0.15) is 17.3 Å². The van der Waals surface area contributed by atoms with E-state index in [-0.39, 0.29) is 6.10 Å². The summed E-state index contributed by atoms with van der Waals surface area (Å²) in [4.78, 5) is 8.24. The van der Waals surface area contributed by atoms with E-state index in [1.165, 1.54) is 12.7 Å².